The first-order valence-corrected chi connectivity index (χ1v) is 11.2. The van der Waals surface area contributed by atoms with E-state index in [-0.39, 0.29) is 17.7 Å². The molecule has 7 heteroatoms. The number of carbonyl (C=O) groups is 2. The first kappa shape index (κ1) is 19.9. The number of fused-ring (bicyclic) bond motifs is 1. The summed E-state index contributed by atoms with van der Waals surface area (Å²) in [6.45, 7) is 7.11. The number of nitrogens with zero attached hydrogens (tertiary/aromatic N) is 3. The van der Waals surface area contributed by atoms with Crippen LogP contribution in [0, 0.1) is 12.8 Å². The van der Waals surface area contributed by atoms with Crippen LogP contribution in [0.25, 0.3) is 0 Å². The molecule has 1 aliphatic carbocycles. The third-order valence-electron chi connectivity index (χ3n) is 5.91. The van der Waals surface area contributed by atoms with Gasteiger partial charge in [-0.2, -0.15) is 0 Å². The molecular weight excluding hydrogens is 384 g/mol. The number of piperazine rings is 1. The third kappa shape index (κ3) is 4.29. The van der Waals surface area contributed by atoms with Crippen molar-refractivity contribution in [1.29, 1.82) is 0 Å². The van der Waals surface area contributed by atoms with Gasteiger partial charge in [0.05, 0.1) is 5.69 Å². The maximum absolute atomic E-state index is 12.8. The molecule has 1 aromatic carbocycles. The minimum Gasteiger partial charge on any atom is -0.345 e. The zero-order valence-electron chi connectivity index (χ0n) is 17.1. The van der Waals surface area contributed by atoms with Crippen molar-refractivity contribution in [3.8, 4) is 0 Å². The second-order valence-corrected chi connectivity index (χ2v) is 8.89. The molecule has 1 aromatic heterocycles. The highest BCUT2D eigenvalue weighted by Crippen LogP contribution is 2.35. The summed E-state index contributed by atoms with van der Waals surface area (Å²) in [5, 5.41) is 4.14. The van der Waals surface area contributed by atoms with Gasteiger partial charge >= 0.3 is 0 Å². The van der Waals surface area contributed by atoms with Gasteiger partial charge < -0.3 is 15.1 Å². The largest absolute Gasteiger partial charge is 0.345 e. The summed E-state index contributed by atoms with van der Waals surface area (Å²) in [4.78, 5) is 35.0. The SMILES string of the molecule is CCC(=O)N1CCN(c2nc3c(s2)C[C@H](C(=O)Nc2ccccc2C)CC3)CC1. The Morgan fingerprint density at radius 3 is 2.69 bits per heavy atom. The van der Waals surface area contributed by atoms with Crippen LogP contribution in [0.1, 0.15) is 35.9 Å². The summed E-state index contributed by atoms with van der Waals surface area (Å²) in [6, 6.07) is 7.90. The van der Waals surface area contributed by atoms with Crippen molar-refractivity contribution < 1.29 is 9.59 Å². The molecule has 2 heterocycles. The van der Waals surface area contributed by atoms with E-state index in [4.69, 9.17) is 4.98 Å². The lowest BCUT2D eigenvalue weighted by atomic mass is 9.90. The van der Waals surface area contributed by atoms with E-state index in [1.165, 1.54) is 4.88 Å². The number of hydrogen-bond donors (Lipinski definition) is 1. The molecule has 1 aliphatic heterocycles. The summed E-state index contributed by atoms with van der Waals surface area (Å²) in [7, 11) is 0. The Kier molecular flexibility index (Phi) is 5.85. The molecule has 1 saturated heterocycles. The van der Waals surface area contributed by atoms with Gasteiger partial charge in [0, 0.05) is 49.1 Å². The Bertz CT molecular complexity index is 902. The number of anilines is 2. The second-order valence-electron chi connectivity index (χ2n) is 7.83. The lowest BCUT2D eigenvalue weighted by Gasteiger charge is -2.34. The van der Waals surface area contributed by atoms with Crippen LogP contribution in [-0.2, 0) is 22.4 Å². The van der Waals surface area contributed by atoms with Crippen molar-refractivity contribution in [1.82, 2.24) is 9.88 Å². The molecule has 2 aromatic rings. The van der Waals surface area contributed by atoms with Crippen molar-refractivity contribution in [3.05, 3.63) is 40.4 Å². The van der Waals surface area contributed by atoms with Crippen LogP contribution < -0.4 is 10.2 Å². The van der Waals surface area contributed by atoms with E-state index in [1.807, 2.05) is 43.0 Å². The quantitative estimate of drug-likeness (QED) is 0.837. The second kappa shape index (κ2) is 8.53. The molecule has 0 spiro atoms. The number of hydrogen-bond acceptors (Lipinski definition) is 5. The van der Waals surface area contributed by atoms with Crippen LogP contribution >= 0.6 is 11.3 Å². The maximum atomic E-state index is 12.8. The van der Waals surface area contributed by atoms with E-state index in [2.05, 4.69) is 10.2 Å². The van der Waals surface area contributed by atoms with E-state index >= 15 is 0 Å². The van der Waals surface area contributed by atoms with E-state index < -0.39 is 0 Å². The fourth-order valence-corrected chi connectivity index (χ4v) is 5.28. The first-order valence-electron chi connectivity index (χ1n) is 10.4. The fourth-order valence-electron chi connectivity index (χ4n) is 4.04. The average molecular weight is 413 g/mol. The molecule has 154 valence electrons. The highest BCUT2D eigenvalue weighted by Gasteiger charge is 2.29. The molecule has 0 radical (unpaired) electrons. The van der Waals surface area contributed by atoms with Gasteiger partial charge in [0.25, 0.3) is 0 Å². The Hall–Kier alpha value is -2.41. The predicted octanol–water partition coefficient (Wildman–Crippen LogP) is 3.25. The number of thiazole rings is 1. The van der Waals surface area contributed by atoms with Crippen LogP contribution in [0.3, 0.4) is 0 Å². The number of carbonyl (C=O) groups excluding carboxylic acids is 2. The zero-order chi connectivity index (χ0) is 20.4. The highest BCUT2D eigenvalue weighted by molar-refractivity contribution is 7.15. The maximum Gasteiger partial charge on any atom is 0.227 e. The van der Waals surface area contributed by atoms with Gasteiger partial charge in [-0.25, -0.2) is 4.98 Å². The van der Waals surface area contributed by atoms with E-state index in [0.717, 1.165) is 67.5 Å². The summed E-state index contributed by atoms with van der Waals surface area (Å²) in [5.74, 6) is 0.326. The van der Waals surface area contributed by atoms with Crippen molar-refractivity contribution in [2.75, 3.05) is 36.4 Å². The average Bonchev–Trinajstić information content (AvgIpc) is 3.18. The summed E-state index contributed by atoms with van der Waals surface area (Å²) >= 11 is 1.72. The highest BCUT2D eigenvalue weighted by atomic mass is 32.1. The number of rotatable bonds is 4. The van der Waals surface area contributed by atoms with Crippen LogP contribution in [0.2, 0.25) is 0 Å². The van der Waals surface area contributed by atoms with Gasteiger partial charge in [0.15, 0.2) is 5.13 Å². The van der Waals surface area contributed by atoms with Crippen molar-refractivity contribution in [3.63, 3.8) is 0 Å². The Morgan fingerprint density at radius 1 is 1.21 bits per heavy atom. The molecule has 4 rings (SSSR count). The number of para-hydroxylation sites is 1. The Balaban J connectivity index is 1.38. The topological polar surface area (TPSA) is 65.5 Å². The number of amides is 2. The smallest absolute Gasteiger partial charge is 0.227 e. The number of aromatic nitrogens is 1. The van der Waals surface area contributed by atoms with Crippen LogP contribution in [0.5, 0.6) is 0 Å². The Morgan fingerprint density at radius 2 is 1.97 bits per heavy atom. The van der Waals surface area contributed by atoms with Crippen molar-refractivity contribution in [2.45, 2.75) is 39.5 Å². The van der Waals surface area contributed by atoms with Gasteiger partial charge in [-0.3, -0.25) is 9.59 Å². The van der Waals surface area contributed by atoms with Gasteiger partial charge in [-0.1, -0.05) is 25.1 Å². The molecule has 0 unspecified atom stereocenters. The monoisotopic (exact) mass is 412 g/mol. The molecule has 2 aliphatic rings. The molecule has 0 saturated carbocycles. The molecule has 1 atom stereocenters. The molecule has 2 amide bonds. The van der Waals surface area contributed by atoms with Gasteiger partial charge in [-0.15, -0.1) is 11.3 Å². The summed E-state index contributed by atoms with van der Waals surface area (Å²) in [6.07, 6.45) is 3.02. The van der Waals surface area contributed by atoms with Gasteiger partial charge in [-0.05, 0) is 37.8 Å². The standard InChI is InChI=1S/C22H28N4O2S/c1-3-20(27)25-10-12-26(13-11-25)22-24-18-9-8-16(14-19(18)29-22)21(28)23-17-7-5-4-6-15(17)2/h4-7,16H,3,8-14H2,1-2H3,(H,23,28)/t16-/m1/s1. The van der Waals surface area contributed by atoms with Crippen LogP contribution in [-0.4, -0.2) is 47.9 Å². The summed E-state index contributed by atoms with van der Waals surface area (Å²) in [5.41, 5.74) is 3.13. The van der Waals surface area contributed by atoms with Crippen molar-refractivity contribution >= 4 is 34.0 Å². The lowest BCUT2D eigenvalue weighted by Crippen LogP contribution is -2.48. The van der Waals surface area contributed by atoms with Crippen LogP contribution in [0.15, 0.2) is 24.3 Å². The van der Waals surface area contributed by atoms with E-state index in [0.29, 0.717) is 6.42 Å². The molecular formula is C22H28N4O2S. The van der Waals surface area contributed by atoms with E-state index in [1.54, 1.807) is 11.3 Å². The van der Waals surface area contributed by atoms with Crippen LogP contribution in [0.4, 0.5) is 10.8 Å². The molecule has 0 bridgehead atoms. The van der Waals surface area contributed by atoms with Gasteiger partial charge in [0.1, 0.15) is 0 Å². The minimum absolute atomic E-state index is 0.00516. The fraction of sp³-hybridized carbons (Fsp3) is 0.500. The summed E-state index contributed by atoms with van der Waals surface area (Å²) < 4.78 is 0. The van der Waals surface area contributed by atoms with E-state index in [9.17, 15) is 9.59 Å². The number of aryl methyl sites for hydroxylation is 2. The molecule has 1 fully saturated rings. The minimum atomic E-state index is -0.00516. The zero-order valence-corrected chi connectivity index (χ0v) is 17.9. The van der Waals surface area contributed by atoms with Gasteiger partial charge in [0.2, 0.25) is 11.8 Å². The molecule has 29 heavy (non-hydrogen) atoms. The predicted molar refractivity (Wildman–Crippen MR) is 117 cm³/mol. The normalized spacial score (nSPS) is 19.0. The Labute approximate surface area is 175 Å². The molecule has 6 nitrogen and oxygen atoms in total. The number of nitrogens with one attached hydrogen (secondary N) is 1. The number of benzene rings is 1. The lowest BCUT2D eigenvalue weighted by molar-refractivity contribution is -0.131. The first-order chi connectivity index (χ1) is 14.0. The third-order valence-corrected chi connectivity index (χ3v) is 7.09. The van der Waals surface area contributed by atoms with Crippen molar-refractivity contribution in [2.24, 2.45) is 5.92 Å². The molecule has 1 N–H and O–H groups in total.